The van der Waals surface area contributed by atoms with Crippen LogP contribution in [0.5, 0.6) is 0 Å². The number of ether oxygens (including phenoxy) is 5. The molecule has 1 aliphatic rings. The fourth-order valence-electron chi connectivity index (χ4n) is 5.87. The van der Waals surface area contributed by atoms with Gasteiger partial charge in [-0.25, -0.2) is 27.6 Å². The van der Waals surface area contributed by atoms with E-state index in [0.717, 1.165) is 0 Å². The largest absolute Gasteiger partial charge is 0.459 e. The SMILES string of the molecule is O=C(OC[C@H]1O[C@@H](NS(=O)(=O)c2ccc([N+](=O)[O-])cc2[N+](=O)[O-])[C@@H](OC(=O)c2ccccc2)[C@@H](OC(=O)c2ccccc2)[C@@H]1OC(=O)c1ccccc1)c1ccccc1. The van der Waals surface area contributed by atoms with Crippen molar-refractivity contribution in [1.29, 1.82) is 0 Å². The highest BCUT2D eigenvalue weighted by Gasteiger charge is 2.54. The molecule has 0 bridgehead atoms. The number of non-ortho nitro benzene ring substituents is 1. The zero-order chi connectivity index (χ0) is 42.1. The van der Waals surface area contributed by atoms with E-state index in [0.29, 0.717) is 18.2 Å². The van der Waals surface area contributed by atoms with Crippen molar-refractivity contribution < 1.29 is 61.1 Å². The van der Waals surface area contributed by atoms with Gasteiger partial charge in [-0.05, 0) is 54.6 Å². The Kier molecular flexibility index (Phi) is 12.8. The molecule has 5 aromatic rings. The molecule has 1 N–H and O–H groups in total. The van der Waals surface area contributed by atoms with E-state index in [1.54, 1.807) is 36.4 Å². The third kappa shape index (κ3) is 9.97. The van der Waals surface area contributed by atoms with Gasteiger partial charge < -0.3 is 23.7 Å². The summed E-state index contributed by atoms with van der Waals surface area (Å²) in [5.74, 6) is -4.07. The molecule has 1 heterocycles. The Hall–Kier alpha value is -7.35. The number of nitrogens with zero attached hydrogens (tertiary/aromatic N) is 2. The van der Waals surface area contributed by atoms with E-state index >= 15 is 0 Å². The maximum absolute atomic E-state index is 14.1. The summed E-state index contributed by atoms with van der Waals surface area (Å²) in [6.45, 7) is -0.797. The van der Waals surface area contributed by atoms with Gasteiger partial charge in [-0.2, -0.15) is 4.72 Å². The van der Waals surface area contributed by atoms with Crippen molar-refractivity contribution in [2.45, 2.75) is 35.5 Å². The standard InChI is InChI=1S/C40H31N3O15S/c44-37(25-13-5-1-6-14-25)54-24-31-33(56-38(45)26-15-7-2-8-16-26)34(57-39(46)27-17-9-3-10-18-27)35(58-40(47)28-19-11-4-12-20-28)36(55-31)41-59(52,53)32-22-21-29(42(48)49)23-30(32)43(50)51/h1-23,31,33-36,41H,24H2/t31-,33-,34+,35+,36-/m1/s1. The minimum Gasteiger partial charge on any atom is -0.459 e. The predicted octanol–water partition coefficient (Wildman–Crippen LogP) is 5.04. The average molecular weight is 826 g/mol. The van der Waals surface area contributed by atoms with Crippen molar-refractivity contribution in [3.63, 3.8) is 0 Å². The number of nitrogens with one attached hydrogen (secondary N) is 1. The van der Waals surface area contributed by atoms with Crippen LogP contribution in [0.4, 0.5) is 11.4 Å². The van der Waals surface area contributed by atoms with Gasteiger partial charge in [0.05, 0.1) is 38.2 Å². The molecular weight excluding hydrogens is 795 g/mol. The summed E-state index contributed by atoms with van der Waals surface area (Å²) in [6, 6.07) is 31.6. The van der Waals surface area contributed by atoms with Crippen molar-refractivity contribution >= 4 is 45.3 Å². The van der Waals surface area contributed by atoms with Gasteiger partial charge in [0, 0.05) is 6.07 Å². The molecule has 0 unspecified atom stereocenters. The molecule has 18 nitrogen and oxygen atoms in total. The van der Waals surface area contributed by atoms with Crippen LogP contribution < -0.4 is 4.72 Å². The second kappa shape index (κ2) is 18.3. The zero-order valence-corrected chi connectivity index (χ0v) is 31.1. The second-order valence-corrected chi connectivity index (χ2v) is 14.2. The summed E-state index contributed by atoms with van der Waals surface area (Å²) in [5.41, 5.74) is -2.00. The number of nitro groups is 2. The van der Waals surface area contributed by atoms with Gasteiger partial charge >= 0.3 is 23.9 Å². The van der Waals surface area contributed by atoms with Gasteiger partial charge in [0.1, 0.15) is 12.7 Å². The molecule has 5 atom stereocenters. The second-order valence-electron chi connectivity index (χ2n) is 12.6. The molecule has 302 valence electrons. The van der Waals surface area contributed by atoms with E-state index in [1.807, 2.05) is 0 Å². The molecule has 19 heteroatoms. The molecule has 59 heavy (non-hydrogen) atoms. The maximum Gasteiger partial charge on any atom is 0.338 e. The third-order valence-electron chi connectivity index (χ3n) is 8.69. The molecule has 0 aliphatic carbocycles. The first kappa shape index (κ1) is 41.3. The lowest BCUT2D eigenvalue weighted by atomic mass is 9.97. The van der Waals surface area contributed by atoms with Crippen molar-refractivity contribution in [2.24, 2.45) is 0 Å². The molecule has 0 amide bonds. The molecule has 0 spiro atoms. The number of carbonyl (C=O) groups is 4. The van der Waals surface area contributed by atoms with Gasteiger partial charge in [0.15, 0.2) is 29.4 Å². The van der Waals surface area contributed by atoms with Crippen LogP contribution in [-0.2, 0) is 33.7 Å². The van der Waals surface area contributed by atoms with Gasteiger partial charge in [0.2, 0.25) is 10.0 Å². The lowest BCUT2D eigenvalue weighted by Gasteiger charge is -2.44. The van der Waals surface area contributed by atoms with Crippen LogP contribution in [0.3, 0.4) is 0 Å². The number of benzene rings is 5. The average Bonchev–Trinajstić information content (AvgIpc) is 3.25. The van der Waals surface area contributed by atoms with E-state index in [4.69, 9.17) is 23.7 Å². The minimum absolute atomic E-state index is 0.00630. The molecule has 6 rings (SSSR count). The van der Waals surface area contributed by atoms with E-state index in [1.165, 1.54) is 84.9 Å². The van der Waals surface area contributed by atoms with Crippen LogP contribution in [-0.4, -0.2) is 79.4 Å². The van der Waals surface area contributed by atoms with Crippen LogP contribution in [0.1, 0.15) is 41.4 Å². The number of hydrogen-bond donors (Lipinski definition) is 1. The monoisotopic (exact) mass is 825 g/mol. The molecule has 5 aromatic carbocycles. The Bertz CT molecular complexity index is 2460. The van der Waals surface area contributed by atoms with Gasteiger partial charge in [-0.1, -0.05) is 72.8 Å². The quantitative estimate of drug-likeness (QED) is 0.0667. The molecule has 0 radical (unpaired) electrons. The summed E-state index contributed by atoms with van der Waals surface area (Å²) in [5, 5.41) is 23.4. The van der Waals surface area contributed by atoms with E-state index in [9.17, 15) is 47.8 Å². The summed E-state index contributed by atoms with van der Waals surface area (Å²) in [4.78, 5) is 74.6. The minimum atomic E-state index is -5.18. The lowest BCUT2D eigenvalue weighted by molar-refractivity contribution is -0.396. The number of sulfonamides is 1. The molecule has 0 aromatic heterocycles. The predicted molar refractivity (Wildman–Crippen MR) is 202 cm³/mol. The van der Waals surface area contributed by atoms with E-state index in [2.05, 4.69) is 4.72 Å². The Morgan fingerprint density at radius 2 is 1.00 bits per heavy atom. The highest BCUT2D eigenvalue weighted by molar-refractivity contribution is 7.89. The first-order valence-corrected chi connectivity index (χ1v) is 18.9. The van der Waals surface area contributed by atoms with Crippen molar-refractivity contribution in [2.75, 3.05) is 6.61 Å². The fourth-order valence-corrected chi connectivity index (χ4v) is 7.15. The van der Waals surface area contributed by atoms with Crippen LogP contribution >= 0.6 is 0 Å². The molecular formula is C40H31N3O15S. The summed E-state index contributed by atoms with van der Waals surface area (Å²) in [7, 11) is -5.18. The highest BCUT2D eigenvalue weighted by atomic mass is 32.2. The Balaban J connectivity index is 1.48. The first-order chi connectivity index (χ1) is 28.3. The fraction of sp³-hybridized carbons (Fsp3) is 0.150. The highest BCUT2D eigenvalue weighted by Crippen LogP contribution is 2.33. The lowest BCUT2D eigenvalue weighted by Crippen LogP contribution is -2.66. The van der Waals surface area contributed by atoms with Gasteiger partial charge in [-0.15, -0.1) is 0 Å². The van der Waals surface area contributed by atoms with Gasteiger partial charge in [-0.3, -0.25) is 20.2 Å². The van der Waals surface area contributed by atoms with Crippen LogP contribution in [0.15, 0.2) is 144 Å². The van der Waals surface area contributed by atoms with E-state index < -0.39 is 97.3 Å². The smallest absolute Gasteiger partial charge is 0.338 e. The van der Waals surface area contributed by atoms with Crippen LogP contribution in [0.2, 0.25) is 0 Å². The first-order valence-electron chi connectivity index (χ1n) is 17.4. The molecule has 1 fully saturated rings. The maximum atomic E-state index is 14.1. The normalized spacial score (nSPS) is 18.7. The zero-order valence-electron chi connectivity index (χ0n) is 30.3. The Morgan fingerprint density at radius 1 is 0.576 bits per heavy atom. The van der Waals surface area contributed by atoms with E-state index in [-0.39, 0.29) is 22.3 Å². The number of hydrogen-bond acceptors (Lipinski definition) is 15. The summed E-state index contributed by atoms with van der Waals surface area (Å²) < 4.78 is 59.5. The van der Waals surface area contributed by atoms with Crippen molar-refractivity contribution in [3.8, 4) is 0 Å². The van der Waals surface area contributed by atoms with Crippen LogP contribution in [0.25, 0.3) is 0 Å². The third-order valence-corrected chi connectivity index (χ3v) is 10.2. The number of rotatable bonds is 14. The van der Waals surface area contributed by atoms with Crippen molar-refractivity contribution in [3.05, 3.63) is 182 Å². The Labute approximate surface area is 334 Å². The van der Waals surface area contributed by atoms with Gasteiger partial charge in [0.25, 0.3) is 11.4 Å². The van der Waals surface area contributed by atoms with Crippen molar-refractivity contribution in [1.82, 2.24) is 4.72 Å². The topological polar surface area (TPSA) is 247 Å². The Morgan fingerprint density at radius 3 is 1.44 bits per heavy atom. The van der Waals surface area contributed by atoms with Crippen LogP contribution in [0, 0.1) is 20.2 Å². The summed E-state index contributed by atoms with van der Waals surface area (Å²) >= 11 is 0. The summed E-state index contributed by atoms with van der Waals surface area (Å²) in [6.07, 6.45) is -9.70. The number of carbonyl (C=O) groups excluding carboxylic acids is 4. The molecule has 1 saturated heterocycles. The number of esters is 4. The molecule has 0 saturated carbocycles. The number of nitro benzene ring substituents is 2. The molecule has 1 aliphatic heterocycles.